The fourth-order valence-corrected chi connectivity index (χ4v) is 1.94. The van der Waals surface area contributed by atoms with Crippen LogP contribution in [0.3, 0.4) is 0 Å². The fourth-order valence-electron chi connectivity index (χ4n) is 1.72. The lowest BCUT2D eigenvalue weighted by Gasteiger charge is -2.03. The summed E-state index contributed by atoms with van der Waals surface area (Å²) in [7, 11) is 0. The van der Waals surface area contributed by atoms with Gasteiger partial charge < -0.3 is 5.11 Å². The Morgan fingerprint density at radius 3 is 2.71 bits per heavy atom. The highest BCUT2D eigenvalue weighted by Crippen LogP contribution is 2.28. The lowest BCUT2D eigenvalue weighted by molar-refractivity contribution is 0.0695. The maximum atomic E-state index is 11.3. The third-order valence-electron chi connectivity index (χ3n) is 2.35. The molecule has 0 amide bonds. The monoisotopic (exact) mass is 210 g/mol. The zero-order chi connectivity index (χ0) is 10.3. The van der Waals surface area contributed by atoms with Crippen LogP contribution in [0.4, 0.5) is 0 Å². The Hall–Kier alpha value is -1.35. The number of halogens is 1. The second-order valence-electron chi connectivity index (χ2n) is 3.21. The van der Waals surface area contributed by atoms with E-state index in [9.17, 15) is 9.59 Å². The zero-order valence-electron chi connectivity index (χ0n) is 7.21. The number of hydrogen-bond acceptors (Lipinski definition) is 2. The van der Waals surface area contributed by atoms with E-state index in [1.54, 1.807) is 6.07 Å². The summed E-state index contributed by atoms with van der Waals surface area (Å²) in [5.74, 6) is -1.05. The molecule has 1 aliphatic carbocycles. The van der Waals surface area contributed by atoms with Gasteiger partial charge in [-0.1, -0.05) is 11.6 Å². The van der Waals surface area contributed by atoms with Gasteiger partial charge in [0.05, 0.1) is 5.56 Å². The summed E-state index contributed by atoms with van der Waals surface area (Å²) in [6, 6.07) is 2.93. The van der Waals surface area contributed by atoms with Gasteiger partial charge >= 0.3 is 5.97 Å². The Balaban J connectivity index is 2.69. The minimum Gasteiger partial charge on any atom is -0.478 e. The largest absolute Gasteiger partial charge is 0.478 e. The molecule has 0 heterocycles. The van der Waals surface area contributed by atoms with E-state index in [2.05, 4.69) is 0 Å². The number of carbonyl (C=O) groups excluding carboxylic acids is 1. The minimum atomic E-state index is -1.03. The van der Waals surface area contributed by atoms with Crippen molar-refractivity contribution in [3.8, 4) is 0 Å². The summed E-state index contributed by atoms with van der Waals surface area (Å²) < 4.78 is 0. The van der Waals surface area contributed by atoms with Crippen LogP contribution in [0.25, 0.3) is 0 Å². The highest BCUT2D eigenvalue weighted by Gasteiger charge is 2.25. The first-order valence-electron chi connectivity index (χ1n) is 4.18. The maximum absolute atomic E-state index is 11.3. The third kappa shape index (κ3) is 1.30. The summed E-state index contributed by atoms with van der Waals surface area (Å²) >= 11 is 5.72. The number of Topliss-reactive ketones (excluding diaryl/α,β-unsaturated/α-hetero) is 1. The minimum absolute atomic E-state index is 0.0231. The van der Waals surface area contributed by atoms with E-state index in [0.717, 1.165) is 0 Å². The van der Waals surface area contributed by atoms with Crippen LogP contribution in [0, 0.1) is 0 Å². The lowest BCUT2D eigenvalue weighted by atomic mass is 10.0. The number of carboxylic acids is 1. The van der Waals surface area contributed by atoms with Crippen LogP contribution in [-0.2, 0) is 6.42 Å². The fraction of sp³-hybridized carbons (Fsp3) is 0.200. The van der Waals surface area contributed by atoms with Crippen LogP contribution >= 0.6 is 11.6 Å². The van der Waals surface area contributed by atoms with Crippen LogP contribution in [0.15, 0.2) is 12.1 Å². The van der Waals surface area contributed by atoms with E-state index in [-0.39, 0.29) is 11.3 Å². The summed E-state index contributed by atoms with van der Waals surface area (Å²) in [6.07, 6.45) is 0.892. The van der Waals surface area contributed by atoms with Gasteiger partial charge in [-0.3, -0.25) is 4.79 Å². The van der Waals surface area contributed by atoms with Gasteiger partial charge in [-0.05, 0) is 24.1 Å². The van der Waals surface area contributed by atoms with Gasteiger partial charge in [0.2, 0.25) is 0 Å². The van der Waals surface area contributed by atoms with Gasteiger partial charge in [-0.2, -0.15) is 0 Å². The molecule has 0 saturated carbocycles. The summed E-state index contributed by atoms with van der Waals surface area (Å²) in [4.78, 5) is 22.2. The first-order valence-corrected chi connectivity index (χ1v) is 4.56. The maximum Gasteiger partial charge on any atom is 0.336 e. The normalized spacial score (nSPS) is 14.2. The molecule has 2 rings (SSSR count). The molecule has 1 aromatic carbocycles. The highest BCUT2D eigenvalue weighted by atomic mass is 35.5. The van der Waals surface area contributed by atoms with Crippen molar-refractivity contribution in [2.24, 2.45) is 0 Å². The van der Waals surface area contributed by atoms with E-state index in [4.69, 9.17) is 16.7 Å². The van der Waals surface area contributed by atoms with Crippen molar-refractivity contribution in [2.45, 2.75) is 12.8 Å². The Labute approximate surface area is 85.3 Å². The summed E-state index contributed by atoms with van der Waals surface area (Å²) in [5, 5.41) is 9.19. The number of aromatic carboxylic acids is 1. The van der Waals surface area contributed by atoms with E-state index in [1.807, 2.05) is 0 Å². The molecule has 4 heteroatoms. The number of carboxylic acid groups (broad SMARTS) is 1. The van der Waals surface area contributed by atoms with Gasteiger partial charge in [0.25, 0.3) is 0 Å². The standard InChI is InChI=1S/C10H7ClO3/c11-5-3-7-6(1-2-9(7)12)8(4-5)10(13)14/h3-4H,1-2H2,(H,13,14). The molecule has 0 saturated heterocycles. The van der Waals surface area contributed by atoms with E-state index < -0.39 is 5.97 Å². The Morgan fingerprint density at radius 2 is 2.07 bits per heavy atom. The summed E-state index contributed by atoms with van der Waals surface area (Å²) in [5.41, 5.74) is 1.24. The van der Waals surface area contributed by atoms with Gasteiger partial charge in [0.1, 0.15) is 0 Å². The molecule has 0 fully saturated rings. The Morgan fingerprint density at radius 1 is 1.36 bits per heavy atom. The van der Waals surface area contributed by atoms with Gasteiger partial charge in [-0.25, -0.2) is 4.79 Å². The van der Waals surface area contributed by atoms with Gasteiger partial charge in [-0.15, -0.1) is 0 Å². The van der Waals surface area contributed by atoms with Crippen molar-refractivity contribution in [2.75, 3.05) is 0 Å². The SMILES string of the molecule is O=C(O)c1cc(Cl)cc2c1CCC2=O. The molecule has 1 aliphatic rings. The summed E-state index contributed by atoms with van der Waals surface area (Å²) in [6.45, 7) is 0. The number of hydrogen-bond donors (Lipinski definition) is 1. The van der Waals surface area contributed by atoms with Crippen LogP contribution in [0.2, 0.25) is 5.02 Å². The van der Waals surface area contributed by atoms with Crippen molar-refractivity contribution >= 4 is 23.4 Å². The molecular weight excluding hydrogens is 204 g/mol. The molecule has 0 aromatic heterocycles. The number of fused-ring (bicyclic) bond motifs is 1. The average molecular weight is 211 g/mol. The molecule has 72 valence electrons. The van der Waals surface area contributed by atoms with E-state index >= 15 is 0 Å². The topological polar surface area (TPSA) is 54.4 Å². The van der Waals surface area contributed by atoms with Crippen molar-refractivity contribution in [3.05, 3.63) is 33.8 Å². The first-order chi connectivity index (χ1) is 6.59. The molecule has 0 bridgehead atoms. The molecule has 0 spiro atoms. The molecule has 3 nitrogen and oxygen atoms in total. The van der Waals surface area contributed by atoms with Crippen molar-refractivity contribution < 1.29 is 14.7 Å². The third-order valence-corrected chi connectivity index (χ3v) is 2.57. The van der Waals surface area contributed by atoms with Crippen LogP contribution in [0.5, 0.6) is 0 Å². The molecular formula is C10H7ClO3. The molecule has 0 unspecified atom stereocenters. The average Bonchev–Trinajstić information content (AvgIpc) is 2.47. The Kier molecular flexibility index (Phi) is 2.04. The van der Waals surface area contributed by atoms with E-state index in [1.165, 1.54) is 6.07 Å². The predicted octanol–water partition coefficient (Wildman–Crippen LogP) is 2.17. The molecule has 1 aromatic rings. The van der Waals surface area contributed by atoms with Crippen LogP contribution < -0.4 is 0 Å². The van der Waals surface area contributed by atoms with Crippen LogP contribution in [-0.4, -0.2) is 16.9 Å². The number of carbonyl (C=O) groups is 2. The lowest BCUT2D eigenvalue weighted by Crippen LogP contribution is -2.02. The molecule has 0 atom stereocenters. The number of rotatable bonds is 1. The second kappa shape index (κ2) is 3.10. The van der Waals surface area contributed by atoms with Gasteiger partial charge in [0.15, 0.2) is 5.78 Å². The smallest absolute Gasteiger partial charge is 0.336 e. The van der Waals surface area contributed by atoms with Gasteiger partial charge in [0, 0.05) is 17.0 Å². The quantitative estimate of drug-likeness (QED) is 0.773. The van der Waals surface area contributed by atoms with Crippen molar-refractivity contribution in [1.29, 1.82) is 0 Å². The second-order valence-corrected chi connectivity index (χ2v) is 3.64. The Bertz CT molecular complexity index is 437. The van der Waals surface area contributed by atoms with Crippen molar-refractivity contribution in [1.82, 2.24) is 0 Å². The molecule has 14 heavy (non-hydrogen) atoms. The number of benzene rings is 1. The molecule has 0 radical (unpaired) electrons. The molecule has 1 N–H and O–H groups in total. The first kappa shape index (κ1) is 9.21. The van der Waals surface area contributed by atoms with E-state index in [0.29, 0.717) is 29.0 Å². The van der Waals surface area contributed by atoms with Crippen molar-refractivity contribution in [3.63, 3.8) is 0 Å². The molecule has 0 aliphatic heterocycles. The van der Waals surface area contributed by atoms with Crippen LogP contribution in [0.1, 0.15) is 32.7 Å². The highest BCUT2D eigenvalue weighted by molar-refractivity contribution is 6.31. The predicted molar refractivity (Wildman–Crippen MR) is 51.1 cm³/mol. The zero-order valence-corrected chi connectivity index (χ0v) is 7.97. The number of ketones is 1.